The number of nitrogens with one attached hydrogen (secondary N) is 1. The fourth-order valence-corrected chi connectivity index (χ4v) is 6.24. The average Bonchev–Trinajstić information content (AvgIpc) is 3.09. The Morgan fingerprint density at radius 3 is 2.59 bits per heavy atom. The first-order valence-corrected chi connectivity index (χ1v) is 12.6. The van der Waals surface area contributed by atoms with E-state index in [1.165, 1.54) is 28.6 Å². The van der Waals surface area contributed by atoms with Crippen LogP contribution in [-0.4, -0.2) is 44.3 Å². The first-order chi connectivity index (χ1) is 15.2. The second-order valence-electron chi connectivity index (χ2n) is 7.68. The van der Waals surface area contributed by atoms with Crippen molar-refractivity contribution in [3.8, 4) is 6.07 Å². The maximum absolute atomic E-state index is 12.9. The first kappa shape index (κ1) is 23.9. The lowest BCUT2D eigenvalue weighted by Gasteiger charge is -2.30. The van der Waals surface area contributed by atoms with E-state index >= 15 is 0 Å². The number of carbonyl (C=O) groups is 2. The Kier molecular flexibility index (Phi) is 7.33. The van der Waals surface area contributed by atoms with Crippen LogP contribution in [0.25, 0.3) is 0 Å². The highest BCUT2D eigenvalue weighted by Crippen LogP contribution is 2.33. The van der Waals surface area contributed by atoms with E-state index in [9.17, 15) is 23.3 Å². The highest BCUT2D eigenvalue weighted by atomic mass is 32.2. The molecule has 1 amide bonds. The summed E-state index contributed by atoms with van der Waals surface area (Å²) in [6.07, 6.45) is 1.84. The summed E-state index contributed by atoms with van der Waals surface area (Å²) >= 11 is 0.977. The number of sulfonamides is 1. The molecule has 0 saturated carbocycles. The topological polar surface area (TPSA) is 117 Å². The monoisotopic (exact) mass is 475 g/mol. The number of benzene rings is 1. The van der Waals surface area contributed by atoms with Gasteiger partial charge in [-0.3, -0.25) is 4.79 Å². The number of ether oxygens (including phenoxy) is 1. The zero-order chi connectivity index (χ0) is 23.5. The van der Waals surface area contributed by atoms with Gasteiger partial charge >= 0.3 is 5.97 Å². The van der Waals surface area contributed by atoms with Crippen molar-refractivity contribution in [2.75, 3.05) is 25.0 Å². The molecule has 10 heteroatoms. The van der Waals surface area contributed by atoms with Gasteiger partial charge in [0.1, 0.15) is 15.9 Å². The lowest BCUT2D eigenvalue weighted by atomic mass is 10.0. The van der Waals surface area contributed by atoms with Crippen LogP contribution in [0.15, 0.2) is 29.2 Å². The number of hydrogen-bond acceptors (Lipinski definition) is 7. The van der Waals surface area contributed by atoms with Gasteiger partial charge in [-0.1, -0.05) is 6.92 Å². The van der Waals surface area contributed by atoms with Crippen molar-refractivity contribution in [2.24, 2.45) is 5.92 Å². The van der Waals surface area contributed by atoms with Crippen molar-refractivity contribution < 1.29 is 22.7 Å². The van der Waals surface area contributed by atoms with E-state index < -0.39 is 21.9 Å². The molecule has 1 aromatic carbocycles. The van der Waals surface area contributed by atoms with E-state index in [0.29, 0.717) is 24.6 Å². The van der Waals surface area contributed by atoms with Crippen LogP contribution in [0.4, 0.5) is 5.00 Å². The molecule has 2 aromatic rings. The van der Waals surface area contributed by atoms with Crippen LogP contribution in [0.3, 0.4) is 0 Å². The Balaban J connectivity index is 1.79. The minimum Gasteiger partial charge on any atom is -0.462 e. The Hall–Kier alpha value is -2.74. The van der Waals surface area contributed by atoms with E-state index in [1.807, 2.05) is 13.0 Å². The summed E-state index contributed by atoms with van der Waals surface area (Å²) in [6.45, 7) is 6.52. The Bertz CT molecular complexity index is 1160. The van der Waals surface area contributed by atoms with Crippen molar-refractivity contribution in [3.63, 3.8) is 0 Å². The largest absolute Gasteiger partial charge is 0.462 e. The third-order valence-electron chi connectivity index (χ3n) is 5.32. The second-order valence-corrected chi connectivity index (χ2v) is 10.6. The molecule has 2 heterocycles. The number of amides is 1. The van der Waals surface area contributed by atoms with Gasteiger partial charge in [0.2, 0.25) is 10.0 Å². The van der Waals surface area contributed by atoms with Gasteiger partial charge in [-0.15, -0.1) is 11.3 Å². The third kappa shape index (κ3) is 4.85. The SMILES string of the molecule is CCOC(=O)c1sc(NC(=O)c2ccc(S(=O)(=O)N3CCCC(C)C3)cc2)c(C#N)c1C. The molecule has 0 spiro atoms. The van der Waals surface area contributed by atoms with Gasteiger partial charge < -0.3 is 10.1 Å². The molecule has 0 radical (unpaired) electrons. The van der Waals surface area contributed by atoms with Crippen molar-refractivity contribution >= 4 is 38.2 Å². The first-order valence-electron chi connectivity index (χ1n) is 10.3. The number of anilines is 1. The number of nitrogens with zero attached hydrogens (tertiary/aromatic N) is 2. The molecular weight excluding hydrogens is 450 g/mol. The molecule has 1 N–H and O–H groups in total. The van der Waals surface area contributed by atoms with Crippen LogP contribution >= 0.6 is 11.3 Å². The van der Waals surface area contributed by atoms with Crippen LogP contribution in [0.2, 0.25) is 0 Å². The van der Waals surface area contributed by atoms with Crippen molar-refractivity contribution in [2.45, 2.75) is 38.5 Å². The molecule has 0 aliphatic carbocycles. The molecule has 1 aromatic heterocycles. The number of esters is 1. The average molecular weight is 476 g/mol. The molecule has 0 bridgehead atoms. The van der Waals surface area contributed by atoms with E-state index in [1.54, 1.807) is 13.8 Å². The Morgan fingerprint density at radius 2 is 2.00 bits per heavy atom. The standard InChI is InChI=1S/C22H25N3O5S2/c1-4-30-22(27)19-15(3)18(12-23)21(31-19)24-20(26)16-7-9-17(10-8-16)32(28,29)25-11-5-6-14(2)13-25/h7-10,14H,4-6,11,13H2,1-3H3,(H,24,26). The summed E-state index contributed by atoms with van der Waals surface area (Å²) in [5, 5.41) is 12.4. The Labute approximate surface area is 191 Å². The highest BCUT2D eigenvalue weighted by molar-refractivity contribution is 7.89. The normalized spacial score (nSPS) is 16.9. The fourth-order valence-electron chi connectivity index (χ4n) is 3.59. The summed E-state index contributed by atoms with van der Waals surface area (Å²) in [4.78, 5) is 25.2. The lowest BCUT2D eigenvalue weighted by Crippen LogP contribution is -2.39. The molecule has 1 aliphatic rings. The van der Waals surface area contributed by atoms with Crippen molar-refractivity contribution in [3.05, 3.63) is 45.8 Å². The predicted molar refractivity (Wildman–Crippen MR) is 121 cm³/mol. The molecule has 3 rings (SSSR count). The van der Waals surface area contributed by atoms with Gasteiger partial charge in [-0.25, -0.2) is 13.2 Å². The number of nitriles is 1. The maximum Gasteiger partial charge on any atom is 0.348 e. The van der Waals surface area contributed by atoms with Crippen LogP contribution < -0.4 is 5.32 Å². The molecule has 1 unspecified atom stereocenters. The maximum atomic E-state index is 12.9. The number of rotatable bonds is 6. The summed E-state index contributed by atoms with van der Waals surface area (Å²) in [6, 6.07) is 7.72. The van der Waals surface area contributed by atoms with E-state index in [0.717, 1.165) is 24.2 Å². The summed E-state index contributed by atoms with van der Waals surface area (Å²) in [7, 11) is -3.62. The zero-order valence-electron chi connectivity index (χ0n) is 18.2. The van der Waals surface area contributed by atoms with E-state index in [-0.39, 0.29) is 32.5 Å². The lowest BCUT2D eigenvalue weighted by molar-refractivity contribution is 0.0531. The third-order valence-corrected chi connectivity index (χ3v) is 8.39. The molecule has 1 saturated heterocycles. The van der Waals surface area contributed by atoms with Gasteiger partial charge in [-0.05, 0) is 62.4 Å². The smallest absolute Gasteiger partial charge is 0.348 e. The van der Waals surface area contributed by atoms with Gasteiger partial charge in [0.25, 0.3) is 5.91 Å². The van der Waals surface area contributed by atoms with Gasteiger partial charge in [0, 0.05) is 18.7 Å². The van der Waals surface area contributed by atoms with Crippen molar-refractivity contribution in [1.82, 2.24) is 4.31 Å². The molecule has 1 fully saturated rings. The second kappa shape index (κ2) is 9.81. The van der Waals surface area contributed by atoms with E-state index in [2.05, 4.69) is 5.32 Å². The number of thiophene rings is 1. The zero-order valence-corrected chi connectivity index (χ0v) is 19.8. The molecule has 32 heavy (non-hydrogen) atoms. The van der Waals surface area contributed by atoms with Gasteiger partial charge in [-0.2, -0.15) is 9.57 Å². The van der Waals surface area contributed by atoms with Crippen LogP contribution in [0, 0.1) is 24.2 Å². The van der Waals surface area contributed by atoms with Crippen LogP contribution in [-0.2, 0) is 14.8 Å². The summed E-state index contributed by atoms with van der Waals surface area (Å²) < 4.78 is 32.3. The minimum absolute atomic E-state index is 0.137. The van der Waals surface area contributed by atoms with Crippen LogP contribution in [0.5, 0.6) is 0 Å². The molecule has 1 atom stereocenters. The van der Waals surface area contributed by atoms with Gasteiger partial charge in [0.05, 0.1) is 17.1 Å². The minimum atomic E-state index is -3.62. The van der Waals surface area contributed by atoms with Crippen molar-refractivity contribution in [1.29, 1.82) is 5.26 Å². The Morgan fingerprint density at radius 1 is 1.31 bits per heavy atom. The van der Waals surface area contributed by atoms with Crippen LogP contribution in [0.1, 0.15) is 57.8 Å². The number of piperidine rings is 1. The quantitative estimate of drug-likeness (QED) is 0.636. The predicted octanol–water partition coefficient (Wildman–Crippen LogP) is 3.78. The molecule has 8 nitrogen and oxygen atoms in total. The molecular formula is C22H25N3O5S2. The molecule has 170 valence electrons. The van der Waals surface area contributed by atoms with Gasteiger partial charge in [0.15, 0.2) is 0 Å². The molecule has 1 aliphatic heterocycles. The summed E-state index contributed by atoms with van der Waals surface area (Å²) in [5.41, 5.74) is 0.886. The number of carbonyl (C=O) groups excluding carboxylic acids is 2. The van der Waals surface area contributed by atoms with E-state index in [4.69, 9.17) is 4.74 Å². The number of hydrogen-bond donors (Lipinski definition) is 1. The fraction of sp³-hybridized carbons (Fsp3) is 0.409. The highest BCUT2D eigenvalue weighted by Gasteiger charge is 2.29. The summed E-state index contributed by atoms with van der Waals surface area (Å²) in [5.74, 6) is -0.742.